The monoisotopic (exact) mass is 305 g/mol. The molecule has 0 saturated carbocycles. The van der Waals surface area contributed by atoms with Gasteiger partial charge in [0, 0.05) is 0 Å². The van der Waals surface area contributed by atoms with Crippen LogP contribution in [0.3, 0.4) is 0 Å². The van der Waals surface area contributed by atoms with Gasteiger partial charge in [-0.05, 0) is 23.3 Å². The third-order valence-corrected chi connectivity index (χ3v) is 2.50. The zero-order valence-electron chi connectivity index (χ0n) is 11.7. The Labute approximate surface area is 127 Å². The largest absolute Gasteiger partial charge is 0.506 e. The van der Waals surface area contributed by atoms with Crippen molar-refractivity contribution in [3.8, 4) is 0 Å². The summed E-state index contributed by atoms with van der Waals surface area (Å²) in [5, 5.41) is 8.15. The molecule has 1 amide bonds. The second-order valence-corrected chi connectivity index (χ2v) is 4.31. The number of ether oxygens (including phenoxy) is 1. The van der Waals surface area contributed by atoms with Crippen molar-refractivity contribution in [2.24, 2.45) is 5.73 Å². The van der Waals surface area contributed by atoms with E-state index in [9.17, 15) is 14.0 Å². The summed E-state index contributed by atoms with van der Waals surface area (Å²) in [7, 11) is 0. The summed E-state index contributed by atoms with van der Waals surface area (Å²) < 4.78 is 16.7. The maximum absolute atomic E-state index is 12.3. The molecule has 3 N–H and O–H groups in total. The van der Waals surface area contributed by atoms with Gasteiger partial charge in [-0.1, -0.05) is 42.5 Å². The Morgan fingerprint density at radius 1 is 1.00 bits per heavy atom. The van der Waals surface area contributed by atoms with Crippen LogP contribution in [-0.2, 0) is 22.6 Å². The van der Waals surface area contributed by atoms with Crippen LogP contribution in [0, 0.1) is 5.82 Å². The highest BCUT2D eigenvalue weighted by molar-refractivity contribution is 5.76. The molecule has 6 heteroatoms. The van der Waals surface area contributed by atoms with Crippen LogP contribution in [0.15, 0.2) is 54.6 Å². The fourth-order valence-electron chi connectivity index (χ4n) is 1.52. The predicted molar refractivity (Wildman–Crippen MR) is 78.6 cm³/mol. The molecule has 0 fully saturated rings. The minimum Gasteiger partial charge on any atom is -0.450 e. The Kier molecular flexibility index (Phi) is 7.12. The van der Waals surface area contributed by atoms with Crippen molar-refractivity contribution >= 4 is 12.1 Å². The minimum absolute atomic E-state index is 0.121. The van der Waals surface area contributed by atoms with E-state index in [2.05, 4.69) is 4.74 Å². The SMILES string of the molecule is NC(=O)Cc1ccc(F)cc1.O=C(O)OCc1ccccc1. The van der Waals surface area contributed by atoms with Crippen LogP contribution in [0.25, 0.3) is 0 Å². The van der Waals surface area contributed by atoms with Gasteiger partial charge in [0.25, 0.3) is 0 Å². The van der Waals surface area contributed by atoms with E-state index in [0.717, 1.165) is 11.1 Å². The van der Waals surface area contributed by atoms with Crippen molar-refractivity contribution in [1.82, 2.24) is 0 Å². The number of hydrogen-bond acceptors (Lipinski definition) is 3. The molecule has 22 heavy (non-hydrogen) atoms. The van der Waals surface area contributed by atoms with E-state index < -0.39 is 12.1 Å². The lowest BCUT2D eigenvalue weighted by molar-refractivity contribution is -0.117. The highest BCUT2D eigenvalue weighted by Gasteiger charge is 1.97. The van der Waals surface area contributed by atoms with Crippen LogP contribution in [0.2, 0.25) is 0 Å². The van der Waals surface area contributed by atoms with E-state index >= 15 is 0 Å². The smallest absolute Gasteiger partial charge is 0.450 e. The summed E-state index contributed by atoms with van der Waals surface area (Å²) in [6.45, 7) is 0.121. The van der Waals surface area contributed by atoms with Gasteiger partial charge in [-0.25, -0.2) is 9.18 Å². The van der Waals surface area contributed by atoms with Crippen LogP contribution in [-0.4, -0.2) is 17.2 Å². The number of carboxylic acid groups (broad SMARTS) is 1. The fourth-order valence-corrected chi connectivity index (χ4v) is 1.52. The average molecular weight is 305 g/mol. The molecular weight excluding hydrogens is 289 g/mol. The predicted octanol–water partition coefficient (Wildman–Crippen LogP) is 2.73. The van der Waals surface area contributed by atoms with E-state index in [1.807, 2.05) is 30.3 Å². The maximum atomic E-state index is 12.3. The average Bonchev–Trinajstić information content (AvgIpc) is 2.49. The molecule has 2 rings (SSSR count). The summed E-state index contributed by atoms with van der Waals surface area (Å²) in [4.78, 5) is 20.3. The molecule has 0 radical (unpaired) electrons. The van der Waals surface area contributed by atoms with Gasteiger partial charge in [0.15, 0.2) is 0 Å². The quantitative estimate of drug-likeness (QED) is 0.850. The summed E-state index contributed by atoms with van der Waals surface area (Å²) in [5.74, 6) is -0.713. The standard InChI is InChI=1S/C8H8FNO.C8H8O3/c9-7-3-1-6(2-4-7)5-8(10)11;9-8(10)11-6-7-4-2-1-3-5-7/h1-4H,5H2,(H2,10,11);1-5H,6H2,(H,9,10). The molecule has 5 nitrogen and oxygen atoms in total. The molecule has 2 aromatic carbocycles. The molecule has 0 aromatic heterocycles. The molecule has 0 bridgehead atoms. The number of hydrogen-bond donors (Lipinski definition) is 2. The van der Waals surface area contributed by atoms with Crippen molar-refractivity contribution in [2.75, 3.05) is 0 Å². The first-order valence-corrected chi connectivity index (χ1v) is 6.40. The van der Waals surface area contributed by atoms with Crippen LogP contribution >= 0.6 is 0 Å². The second kappa shape index (κ2) is 9.12. The first-order chi connectivity index (χ1) is 10.5. The van der Waals surface area contributed by atoms with Crippen molar-refractivity contribution in [3.05, 3.63) is 71.5 Å². The normalized spacial score (nSPS) is 9.32. The number of benzene rings is 2. The Bertz CT molecular complexity index is 599. The lowest BCUT2D eigenvalue weighted by Gasteiger charge is -1.98. The van der Waals surface area contributed by atoms with Gasteiger partial charge in [-0.2, -0.15) is 0 Å². The molecule has 0 aliphatic rings. The molecule has 2 aromatic rings. The zero-order valence-corrected chi connectivity index (χ0v) is 11.7. The van der Waals surface area contributed by atoms with E-state index in [1.165, 1.54) is 12.1 Å². The molecule has 116 valence electrons. The van der Waals surface area contributed by atoms with Gasteiger partial charge in [0.1, 0.15) is 12.4 Å². The lowest BCUT2D eigenvalue weighted by Crippen LogP contribution is -2.13. The molecule has 0 saturated heterocycles. The molecular formula is C16H16FNO4. The summed E-state index contributed by atoms with van der Waals surface area (Å²) in [6, 6.07) is 14.8. The van der Waals surface area contributed by atoms with Crippen LogP contribution in [0.1, 0.15) is 11.1 Å². The molecule has 0 aliphatic carbocycles. The third kappa shape index (κ3) is 7.64. The van der Waals surface area contributed by atoms with Crippen molar-refractivity contribution in [1.29, 1.82) is 0 Å². The van der Waals surface area contributed by atoms with Gasteiger partial charge < -0.3 is 15.6 Å². The minimum atomic E-state index is -1.24. The molecule has 0 heterocycles. The summed E-state index contributed by atoms with van der Waals surface area (Å²) in [6.07, 6.45) is -1.07. The number of rotatable bonds is 4. The highest BCUT2D eigenvalue weighted by Crippen LogP contribution is 2.02. The van der Waals surface area contributed by atoms with Crippen molar-refractivity contribution < 1.29 is 23.8 Å². The first-order valence-electron chi connectivity index (χ1n) is 6.40. The number of nitrogens with two attached hydrogens (primary N) is 1. The number of amides is 1. The third-order valence-electron chi connectivity index (χ3n) is 2.50. The molecule has 0 unspecified atom stereocenters. The van der Waals surface area contributed by atoms with Gasteiger partial charge in [-0.3, -0.25) is 4.79 Å². The Balaban J connectivity index is 0.000000220. The van der Waals surface area contributed by atoms with E-state index in [0.29, 0.717) is 0 Å². The summed E-state index contributed by atoms with van der Waals surface area (Å²) >= 11 is 0. The van der Waals surface area contributed by atoms with Crippen LogP contribution in [0.5, 0.6) is 0 Å². The first kappa shape index (κ1) is 17.2. The number of carbonyl (C=O) groups is 2. The zero-order chi connectivity index (χ0) is 16.4. The molecule has 0 atom stereocenters. The second-order valence-electron chi connectivity index (χ2n) is 4.31. The number of carbonyl (C=O) groups excluding carboxylic acids is 1. The highest BCUT2D eigenvalue weighted by atomic mass is 19.1. The van der Waals surface area contributed by atoms with E-state index in [-0.39, 0.29) is 18.8 Å². The Hall–Kier alpha value is -2.89. The summed E-state index contributed by atoms with van der Waals surface area (Å²) in [5.41, 5.74) is 6.52. The van der Waals surface area contributed by atoms with Crippen molar-refractivity contribution in [3.63, 3.8) is 0 Å². The van der Waals surface area contributed by atoms with Crippen LogP contribution < -0.4 is 5.73 Å². The van der Waals surface area contributed by atoms with Crippen LogP contribution in [0.4, 0.5) is 9.18 Å². The lowest BCUT2D eigenvalue weighted by atomic mass is 10.1. The van der Waals surface area contributed by atoms with Crippen molar-refractivity contribution in [2.45, 2.75) is 13.0 Å². The van der Waals surface area contributed by atoms with Gasteiger partial charge in [-0.15, -0.1) is 0 Å². The number of halogens is 1. The van der Waals surface area contributed by atoms with E-state index in [1.54, 1.807) is 12.1 Å². The Morgan fingerprint density at radius 3 is 2.09 bits per heavy atom. The molecule has 0 spiro atoms. The number of primary amides is 1. The Morgan fingerprint density at radius 2 is 1.59 bits per heavy atom. The van der Waals surface area contributed by atoms with Gasteiger partial charge >= 0.3 is 6.16 Å². The maximum Gasteiger partial charge on any atom is 0.506 e. The van der Waals surface area contributed by atoms with Gasteiger partial charge in [0.05, 0.1) is 6.42 Å². The fraction of sp³-hybridized carbons (Fsp3) is 0.125. The topological polar surface area (TPSA) is 89.6 Å². The van der Waals surface area contributed by atoms with E-state index in [4.69, 9.17) is 10.8 Å². The molecule has 0 aliphatic heterocycles. The van der Waals surface area contributed by atoms with Gasteiger partial charge in [0.2, 0.25) is 5.91 Å².